The predicted molar refractivity (Wildman–Crippen MR) is 51.4 cm³/mol. The molecule has 0 atom stereocenters. The van der Waals surface area contributed by atoms with E-state index in [1.807, 2.05) is 0 Å². The number of rotatable bonds is 2. The average molecular weight is 197 g/mol. The molecule has 14 heavy (non-hydrogen) atoms. The Bertz CT molecular complexity index is 347. The molecule has 0 aliphatic carbocycles. The SMILES string of the molecule is Cc1c(CC(C)(C)C)noc1C(=O)O. The lowest BCUT2D eigenvalue weighted by atomic mass is 9.89. The fraction of sp³-hybridized carbons (Fsp3) is 0.600. The van der Waals surface area contributed by atoms with Gasteiger partial charge in [0.05, 0.1) is 5.69 Å². The van der Waals surface area contributed by atoms with Crippen LogP contribution in [0.2, 0.25) is 0 Å². The van der Waals surface area contributed by atoms with Gasteiger partial charge in [0, 0.05) is 5.56 Å². The first kappa shape index (κ1) is 10.8. The van der Waals surface area contributed by atoms with Gasteiger partial charge in [0.15, 0.2) is 0 Å². The zero-order chi connectivity index (χ0) is 10.9. The minimum Gasteiger partial charge on any atom is -0.475 e. The fourth-order valence-electron chi connectivity index (χ4n) is 1.24. The van der Waals surface area contributed by atoms with Gasteiger partial charge in [-0.3, -0.25) is 0 Å². The Morgan fingerprint density at radius 1 is 1.50 bits per heavy atom. The molecule has 0 saturated heterocycles. The van der Waals surface area contributed by atoms with Gasteiger partial charge in [-0.25, -0.2) is 4.79 Å². The first-order chi connectivity index (χ1) is 6.31. The van der Waals surface area contributed by atoms with Crippen molar-refractivity contribution in [3.8, 4) is 0 Å². The molecule has 0 spiro atoms. The van der Waals surface area contributed by atoms with Crippen LogP contribution < -0.4 is 0 Å². The Labute approximate surface area is 82.9 Å². The van der Waals surface area contributed by atoms with E-state index in [2.05, 4.69) is 25.9 Å². The van der Waals surface area contributed by atoms with E-state index in [0.717, 1.165) is 12.1 Å². The molecule has 0 amide bonds. The van der Waals surface area contributed by atoms with Crippen LogP contribution in [-0.2, 0) is 6.42 Å². The second-order valence-corrected chi connectivity index (χ2v) is 4.63. The Morgan fingerprint density at radius 2 is 2.07 bits per heavy atom. The van der Waals surface area contributed by atoms with Gasteiger partial charge < -0.3 is 9.63 Å². The van der Waals surface area contributed by atoms with Crippen molar-refractivity contribution < 1.29 is 14.4 Å². The Balaban J connectivity index is 2.96. The number of aromatic nitrogens is 1. The summed E-state index contributed by atoms with van der Waals surface area (Å²) in [5, 5.41) is 12.5. The lowest BCUT2D eigenvalue weighted by molar-refractivity contribution is 0.0651. The molecule has 4 heteroatoms. The molecular formula is C10H15NO3. The smallest absolute Gasteiger partial charge is 0.375 e. The van der Waals surface area contributed by atoms with Crippen LogP contribution in [0.5, 0.6) is 0 Å². The van der Waals surface area contributed by atoms with Gasteiger partial charge in [0.1, 0.15) is 0 Å². The molecule has 1 aromatic heterocycles. The van der Waals surface area contributed by atoms with Crippen molar-refractivity contribution in [1.29, 1.82) is 0 Å². The van der Waals surface area contributed by atoms with E-state index in [1.54, 1.807) is 6.92 Å². The third-order valence-electron chi connectivity index (χ3n) is 1.91. The van der Waals surface area contributed by atoms with Crippen molar-refractivity contribution in [3.63, 3.8) is 0 Å². The summed E-state index contributed by atoms with van der Waals surface area (Å²) in [6, 6.07) is 0. The van der Waals surface area contributed by atoms with Crippen LogP contribution >= 0.6 is 0 Å². The normalized spacial score (nSPS) is 11.7. The third kappa shape index (κ3) is 2.34. The summed E-state index contributed by atoms with van der Waals surface area (Å²) in [7, 11) is 0. The minimum absolute atomic E-state index is 0.0516. The molecule has 0 radical (unpaired) electrons. The van der Waals surface area contributed by atoms with Crippen LogP contribution in [-0.4, -0.2) is 16.2 Å². The van der Waals surface area contributed by atoms with E-state index in [4.69, 9.17) is 9.63 Å². The summed E-state index contributed by atoms with van der Waals surface area (Å²) in [4.78, 5) is 10.7. The maximum Gasteiger partial charge on any atom is 0.375 e. The summed E-state index contributed by atoms with van der Waals surface area (Å²) in [5.41, 5.74) is 1.44. The van der Waals surface area contributed by atoms with E-state index in [0.29, 0.717) is 5.56 Å². The topological polar surface area (TPSA) is 63.3 Å². The van der Waals surface area contributed by atoms with Crippen molar-refractivity contribution >= 4 is 5.97 Å². The van der Waals surface area contributed by atoms with Crippen LogP contribution in [0.25, 0.3) is 0 Å². The predicted octanol–water partition coefficient (Wildman–Crippen LogP) is 2.27. The number of hydrogen-bond acceptors (Lipinski definition) is 3. The lowest BCUT2D eigenvalue weighted by Gasteiger charge is -2.15. The molecule has 0 fully saturated rings. The van der Waals surface area contributed by atoms with Gasteiger partial charge in [-0.1, -0.05) is 25.9 Å². The molecular weight excluding hydrogens is 182 g/mol. The van der Waals surface area contributed by atoms with Gasteiger partial charge in [-0.15, -0.1) is 0 Å². The third-order valence-corrected chi connectivity index (χ3v) is 1.91. The Kier molecular flexibility index (Phi) is 2.64. The van der Waals surface area contributed by atoms with E-state index in [-0.39, 0.29) is 11.2 Å². The second kappa shape index (κ2) is 3.44. The number of carboxylic acid groups (broad SMARTS) is 1. The number of hydrogen-bond donors (Lipinski definition) is 1. The van der Waals surface area contributed by atoms with Crippen molar-refractivity contribution in [2.75, 3.05) is 0 Å². The van der Waals surface area contributed by atoms with Crippen LogP contribution in [0.15, 0.2) is 4.52 Å². The van der Waals surface area contributed by atoms with Gasteiger partial charge in [-0.05, 0) is 18.8 Å². The Morgan fingerprint density at radius 3 is 2.43 bits per heavy atom. The largest absolute Gasteiger partial charge is 0.475 e. The van der Waals surface area contributed by atoms with Crippen LogP contribution in [0, 0.1) is 12.3 Å². The van der Waals surface area contributed by atoms with Crippen molar-refractivity contribution in [1.82, 2.24) is 5.16 Å². The first-order valence-corrected chi connectivity index (χ1v) is 4.50. The minimum atomic E-state index is -1.06. The molecule has 0 aliphatic rings. The van der Waals surface area contributed by atoms with Crippen LogP contribution in [0.1, 0.15) is 42.6 Å². The molecule has 0 aromatic carbocycles. The molecule has 1 heterocycles. The van der Waals surface area contributed by atoms with Crippen molar-refractivity contribution in [2.45, 2.75) is 34.1 Å². The monoisotopic (exact) mass is 197 g/mol. The summed E-state index contributed by atoms with van der Waals surface area (Å²) in [6.07, 6.45) is 0.718. The number of carbonyl (C=O) groups is 1. The highest BCUT2D eigenvalue weighted by Crippen LogP contribution is 2.23. The van der Waals surface area contributed by atoms with E-state index < -0.39 is 5.97 Å². The van der Waals surface area contributed by atoms with E-state index in [1.165, 1.54) is 0 Å². The molecule has 78 valence electrons. The van der Waals surface area contributed by atoms with Crippen LogP contribution in [0.3, 0.4) is 0 Å². The average Bonchev–Trinajstić information content (AvgIpc) is 2.29. The van der Waals surface area contributed by atoms with Gasteiger partial charge in [0.25, 0.3) is 0 Å². The highest BCUT2D eigenvalue weighted by molar-refractivity contribution is 5.86. The van der Waals surface area contributed by atoms with Crippen LogP contribution in [0.4, 0.5) is 0 Å². The molecule has 0 aliphatic heterocycles. The van der Waals surface area contributed by atoms with Gasteiger partial charge in [-0.2, -0.15) is 0 Å². The molecule has 1 N–H and O–H groups in total. The number of carboxylic acids is 1. The maximum absolute atomic E-state index is 10.7. The summed E-state index contributed by atoms with van der Waals surface area (Å²) >= 11 is 0. The molecule has 0 unspecified atom stereocenters. The number of nitrogens with zero attached hydrogens (tertiary/aromatic N) is 1. The maximum atomic E-state index is 10.7. The second-order valence-electron chi connectivity index (χ2n) is 4.63. The van der Waals surface area contributed by atoms with Crippen molar-refractivity contribution in [3.05, 3.63) is 17.0 Å². The Hall–Kier alpha value is -1.32. The quantitative estimate of drug-likeness (QED) is 0.789. The summed E-state index contributed by atoms with van der Waals surface area (Å²) in [5.74, 6) is -1.11. The van der Waals surface area contributed by atoms with Gasteiger partial charge in [0.2, 0.25) is 5.76 Å². The molecule has 1 aromatic rings. The summed E-state index contributed by atoms with van der Waals surface area (Å²) < 4.78 is 4.75. The summed E-state index contributed by atoms with van der Waals surface area (Å²) in [6.45, 7) is 7.94. The molecule has 0 saturated carbocycles. The number of aromatic carboxylic acids is 1. The molecule has 4 nitrogen and oxygen atoms in total. The molecule has 1 rings (SSSR count). The highest BCUT2D eigenvalue weighted by atomic mass is 16.5. The fourth-order valence-corrected chi connectivity index (χ4v) is 1.24. The molecule has 0 bridgehead atoms. The van der Waals surface area contributed by atoms with Gasteiger partial charge >= 0.3 is 5.97 Å². The van der Waals surface area contributed by atoms with E-state index in [9.17, 15) is 4.79 Å². The van der Waals surface area contributed by atoms with Crippen molar-refractivity contribution in [2.24, 2.45) is 5.41 Å². The zero-order valence-corrected chi connectivity index (χ0v) is 8.92. The first-order valence-electron chi connectivity index (χ1n) is 4.50. The van der Waals surface area contributed by atoms with E-state index >= 15 is 0 Å². The lowest BCUT2D eigenvalue weighted by Crippen LogP contribution is -2.10. The standard InChI is InChI=1S/C10H15NO3/c1-6-7(5-10(2,3)4)11-14-8(6)9(12)13/h5H2,1-4H3,(H,12,13). The highest BCUT2D eigenvalue weighted by Gasteiger charge is 2.21. The zero-order valence-electron chi connectivity index (χ0n) is 8.92.